The SMILES string of the molecule is CC(NC(=O)c1cccs1)C(=O)NC(C)c1ccc(NC(=O)C2CC2)cc1. The predicted octanol–water partition coefficient (Wildman–Crippen LogP) is 3.09. The average Bonchev–Trinajstić information content (AvgIpc) is 3.36. The van der Waals surface area contributed by atoms with Gasteiger partial charge in [0.2, 0.25) is 11.8 Å². The molecule has 1 saturated carbocycles. The Bertz CT molecular complexity index is 814. The van der Waals surface area contributed by atoms with Crippen LogP contribution in [0.1, 0.15) is 48.0 Å². The summed E-state index contributed by atoms with van der Waals surface area (Å²) in [5.74, 6) is -0.275. The fraction of sp³-hybridized carbons (Fsp3) is 0.350. The van der Waals surface area contributed by atoms with E-state index in [0.717, 1.165) is 24.1 Å². The van der Waals surface area contributed by atoms with Gasteiger partial charge in [0.1, 0.15) is 6.04 Å². The quantitative estimate of drug-likeness (QED) is 0.684. The van der Waals surface area contributed by atoms with Gasteiger partial charge in [0, 0.05) is 11.6 Å². The van der Waals surface area contributed by atoms with Crippen molar-refractivity contribution in [2.75, 3.05) is 5.32 Å². The predicted molar refractivity (Wildman–Crippen MR) is 106 cm³/mol. The molecule has 6 nitrogen and oxygen atoms in total. The van der Waals surface area contributed by atoms with Crippen LogP contribution in [0.4, 0.5) is 5.69 Å². The van der Waals surface area contributed by atoms with Gasteiger partial charge in [0.25, 0.3) is 5.91 Å². The zero-order valence-corrected chi connectivity index (χ0v) is 16.1. The summed E-state index contributed by atoms with van der Waals surface area (Å²) in [6, 6.07) is 10.1. The van der Waals surface area contributed by atoms with Crippen molar-refractivity contribution in [2.45, 2.75) is 38.8 Å². The lowest BCUT2D eigenvalue weighted by Crippen LogP contribution is -2.45. The maximum atomic E-state index is 12.3. The van der Waals surface area contributed by atoms with Gasteiger partial charge in [-0.15, -0.1) is 11.3 Å². The second kappa shape index (κ2) is 8.35. The molecular formula is C20H23N3O3S. The zero-order chi connectivity index (χ0) is 19.4. The van der Waals surface area contributed by atoms with Crippen LogP contribution < -0.4 is 16.0 Å². The van der Waals surface area contributed by atoms with Gasteiger partial charge in [-0.3, -0.25) is 14.4 Å². The fourth-order valence-electron chi connectivity index (χ4n) is 2.61. The molecule has 1 heterocycles. The first-order valence-electron chi connectivity index (χ1n) is 8.99. The summed E-state index contributed by atoms with van der Waals surface area (Å²) >= 11 is 1.33. The minimum atomic E-state index is -0.640. The topological polar surface area (TPSA) is 87.3 Å². The van der Waals surface area contributed by atoms with E-state index in [1.165, 1.54) is 11.3 Å². The number of carbonyl (C=O) groups is 3. The third kappa shape index (κ3) is 5.17. The Morgan fingerprint density at radius 2 is 1.74 bits per heavy atom. The minimum absolute atomic E-state index is 0.0689. The Kier molecular flexibility index (Phi) is 5.91. The standard InChI is InChI=1S/C20H23N3O3S/c1-12(14-7-9-16(10-8-14)23-19(25)15-5-6-15)21-18(24)13(2)22-20(26)17-4-3-11-27-17/h3-4,7-13,15H,5-6H2,1-2H3,(H,21,24)(H,22,26)(H,23,25). The highest BCUT2D eigenvalue weighted by atomic mass is 32.1. The molecule has 0 aliphatic heterocycles. The third-order valence-electron chi connectivity index (χ3n) is 4.47. The Labute approximate surface area is 162 Å². The number of benzene rings is 1. The van der Waals surface area contributed by atoms with Crippen LogP contribution in [-0.2, 0) is 9.59 Å². The number of hydrogen-bond donors (Lipinski definition) is 3. The van der Waals surface area contributed by atoms with Crippen molar-refractivity contribution >= 4 is 34.7 Å². The van der Waals surface area contributed by atoms with E-state index in [4.69, 9.17) is 0 Å². The molecule has 142 valence electrons. The monoisotopic (exact) mass is 385 g/mol. The Morgan fingerprint density at radius 1 is 1.04 bits per heavy atom. The minimum Gasteiger partial charge on any atom is -0.348 e. The molecular weight excluding hydrogens is 362 g/mol. The summed E-state index contributed by atoms with van der Waals surface area (Å²) in [5, 5.41) is 10.3. The van der Waals surface area contributed by atoms with Crippen LogP contribution >= 0.6 is 11.3 Å². The van der Waals surface area contributed by atoms with Gasteiger partial charge in [-0.25, -0.2) is 0 Å². The maximum Gasteiger partial charge on any atom is 0.261 e. The van der Waals surface area contributed by atoms with E-state index in [1.807, 2.05) is 36.6 Å². The van der Waals surface area contributed by atoms with Crippen molar-refractivity contribution in [3.05, 3.63) is 52.2 Å². The molecule has 1 fully saturated rings. The second-order valence-electron chi connectivity index (χ2n) is 6.79. The summed E-state index contributed by atoms with van der Waals surface area (Å²) in [7, 11) is 0. The van der Waals surface area contributed by atoms with E-state index in [1.54, 1.807) is 19.1 Å². The lowest BCUT2D eigenvalue weighted by atomic mass is 10.1. The van der Waals surface area contributed by atoms with E-state index in [2.05, 4.69) is 16.0 Å². The van der Waals surface area contributed by atoms with Gasteiger partial charge in [0.05, 0.1) is 10.9 Å². The largest absolute Gasteiger partial charge is 0.348 e. The number of hydrogen-bond acceptors (Lipinski definition) is 4. The number of thiophene rings is 1. The van der Waals surface area contributed by atoms with E-state index in [-0.39, 0.29) is 29.7 Å². The Hall–Kier alpha value is -2.67. The summed E-state index contributed by atoms with van der Waals surface area (Å²) in [6.45, 7) is 3.54. The molecule has 27 heavy (non-hydrogen) atoms. The fourth-order valence-corrected chi connectivity index (χ4v) is 3.23. The summed E-state index contributed by atoms with van der Waals surface area (Å²) in [4.78, 5) is 36.7. The van der Waals surface area contributed by atoms with Gasteiger partial charge in [0.15, 0.2) is 0 Å². The van der Waals surface area contributed by atoms with Crippen LogP contribution in [0, 0.1) is 5.92 Å². The van der Waals surface area contributed by atoms with Crippen molar-refractivity contribution in [3.8, 4) is 0 Å². The zero-order valence-electron chi connectivity index (χ0n) is 15.3. The highest BCUT2D eigenvalue weighted by molar-refractivity contribution is 7.12. The van der Waals surface area contributed by atoms with E-state index in [0.29, 0.717) is 4.88 Å². The molecule has 7 heteroatoms. The summed E-state index contributed by atoms with van der Waals surface area (Å²) < 4.78 is 0. The van der Waals surface area contributed by atoms with Gasteiger partial charge < -0.3 is 16.0 Å². The van der Waals surface area contributed by atoms with Crippen molar-refractivity contribution in [3.63, 3.8) is 0 Å². The van der Waals surface area contributed by atoms with Crippen LogP contribution in [-0.4, -0.2) is 23.8 Å². The molecule has 1 aromatic heterocycles. The molecule has 2 unspecified atom stereocenters. The number of rotatable bonds is 7. The number of amides is 3. The molecule has 0 saturated heterocycles. The molecule has 1 aliphatic carbocycles. The molecule has 2 atom stereocenters. The lowest BCUT2D eigenvalue weighted by molar-refractivity contribution is -0.123. The smallest absolute Gasteiger partial charge is 0.261 e. The summed E-state index contributed by atoms with van der Waals surface area (Å²) in [5.41, 5.74) is 1.68. The molecule has 3 amide bonds. The maximum absolute atomic E-state index is 12.3. The van der Waals surface area contributed by atoms with Gasteiger partial charge in [-0.1, -0.05) is 18.2 Å². The molecule has 3 N–H and O–H groups in total. The van der Waals surface area contributed by atoms with Crippen molar-refractivity contribution in [1.82, 2.24) is 10.6 Å². The van der Waals surface area contributed by atoms with Crippen LogP contribution in [0.3, 0.4) is 0 Å². The first-order valence-corrected chi connectivity index (χ1v) is 9.87. The second-order valence-corrected chi connectivity index (χ2v) is 7.74. The molecule has 0 bridgehead atoms. The molecule has 0 radical (unpaired) electrons. The highest BCUT2D eigenvalue weighted by Crippen LogP contribution is 2.30. The van der Waals surface area contributed by atoms with Crippen LogP contribution in [0.25, 0.3) is 0 Å². The lowest BCUT2D eigenvalue weighted by Gasteiger charge is -2.19. The molecule has 3 rings (SSSR count). The van der Waals surface area contributed by atoms with E-state index >= 15 is 0 Å². The van der Waals surface area contributed by atoms with Crippen molar-refractivity contribution in [2.24, 2.45) is 5.92 Å². The van der Waals surface area contributed by atoms with Crippen molar-refractivity contribution in [1.29, 1.82) is 0 Å². The van der Waals surface area contributed by atoms with Crippen molar-refractivity contribution < 1.29 is 14.4 Å². The average molecular weight is 385 g/mol. The summed E-state index contributed by atoms with van der Waals surface area (Å²) in [6.07, 6.45) is 1.93. The van der Waals surface area contributed by atoms with Crippen LogP contribution in [0.2, 0.25) is 0 Å². The first kappa shape index (κ1) is 19.1. The number of carbonyl (C=O) groups excluding carboxylic acids is 3. The highest BCUT2D eigenvalue weighted by Gasteiger charge is 2.29. The van der Waals surface area contributed by atoms with Crippen LogP contribution in [0.5, 0.6) is 0 Å². The van der Waals surface area contributed by atoms with Gasteiger partial charge in [-0.05, 0) is 55.8 Å². The molecule has 1 aromatic carbocycles. The normalized spacial score (nSPS) is 15.5. The molecule has 2 aromatic rings. The number of anilines is 1. The van der Waals surface area contributed by atoms with E-state index < -0.39 is 6.04 Å². The van der Waals surface area contributed by atoms with Gasteiger partial charge >= 0.3 is 0 Å². The van der Waals surface area contributed by atoms with Crippen LogP contribution in [0.15, 0.2) is 41.8 Å². The third-order valence-corrected chi connectivity index (χ3v) is 5.34. The number of nitrogens with one attached hydrogen (secondary N) is 3. The molecule has 1 aliphatic rings. The first-order chi connectivity index (χ1) is 12.9. The Balaban J connectivity index is 1.51. The van der Waals surface area contributed by atoms with E-state index in [9.17, 15) is 14.4 Å². The Morgan fingerprint density at radius 3 is 2.33 bits per heavy atom. The molecule has 0 spiro atoms. The van der Waals surface area contributed by atoms with Gasteiger partial charge in [-0.2, -0.15) is 0 Å².